The average Bonchev–Trinajstić information content (AvgIpc) is 2.90. The van der Waals surface area contributed by atoms with Crippen LogP contribution in [0.5, 0.6) is 0 Å². The smallest absolute Gasteiger partial charge is 0.152 e. The molecule has 1 aliphatic carbocycles. The molecule has 1 aliphatic rings. The highest BCUT2D eigenvalue weighted by Gasteiger charge is 2.14. The monoisotopic (exact) mass is 286 g/mol. The molecule has 0 spiro atoms. The van der Waals surface area contributed by atoms with Crippen LogP contribution >= 0.6 is 11.6 Å². The fourth-order valence-electron chi connectivity index (χ4n) is 2.83. The predicted molar refractivity (Wildman–Crippen MR) is 84.5 cm³/mol. The third-order valence-electron chi connectivity index (χ3n) is 3.97. The fourth-order valence-corrected chi connectivity index (χ4v) is 2.99. The molecule has 2 aromatic rings. The van der Waals surface area contributed by atoms with Gasteiger partial charge in [-0.25, -0.2) is 4.98 Å². The highest BCUT2D eigenvalue weighted by molar-refractivity contribution is 6.31. The van der Waals surface area contributed by atoms with Crippen LogP contribution in [0.25, 0.3) is 0 Å². The first-order valence-electron chi connectivity index (χ1n) is 7.14. The highest BCUT2D eigenvalue weighted by Crippen LogP contribution is 2.29. The van der Waals surface area contributed by atoms with E-state index in [1.807, 2.05) is 13.0 Å². The number of aromatic nitrogens is 1. The first-order valence-corrected chi connectivity index (χ1v) is 7.51. The number of aryl methyl sites for hydroxylation is 3. The molecule has 0 fully saturated rings. The SMILES string of the molecule is Cc1cnc(Cl)c(NC(C)c2ccc3c(c2)CCC3)c1. The van der Waals surface area contributed by atoms with Gasteiger partial charge in [0.15, 0.2) is 5.15 Å². The lowest BCUT2D eigenvalue weighted by molar-refractivity contribution is 0.877. The molecule has 0 radical (unpaired) electrons. The minimum atomic E-state index is 0.224. The first-order chi connectivity index (χ1) is 9.63. The lowest BCUT2D eigenvalue weighted by Gasteiger charge is -2.17. The normalized spacial score (nSPS) is 14.9. The third kappa shape index (κ3) is 2.66. The molecule has 104 valence electrons. The zero-order chi connectivity index (χ0) is 14.1. The van der Waals surface area contributed by atoms with E-state index >= 15 is 0 Å². The van der Waals surface area contributed by atoms with E-state index in [1.165, 1.54) is 36.0 Å². The zero-order valence-electron chi connectivity index (χ0n) is 11.9. The Bertz CT molecular complexity index is 637. The van der Waals surface area contributed by atoms with Crippen molar-refractivity contribution in [3.05, 3.63) is 57.9 Å². The molecule has 0 saturated carbocycles. The van der Waals surface area contributed by atoms with E-state index in [-0.39, 0.29) is 6.04 Å². The van der Waals surface area contributed by atoms with Crippen LogP contribution in [0.1, 0.15) is 41.6 Å². The van der Waals surface area contributed by atoms with Gasteiger partial charge in [0, 0.05) is 12.2 Å². The number of pyridine rings is 1. The molecule has 0 amide bonds. The number of fused-ring (bicyclic) bond motifs is 1. The van der Waals surface area contributed by atoms with Crippen LogP contribution in [0, 0.1) is 6.92 Å². The molecular formula is C17H19ClN2. The first kappa shape index (κ1) is 13.4. The summed E-state index contributed by atoms with van der Waals surface area (Å²) in [4.78, 5) is 4.19. The quantitative estimate of drug-likeness (QED) is 0.827. The van der Waals surface area contributed by atoms with E-state index in [1.54, 1.807) is 6.20 Å². The van der Waals surface area contributed by atoms with E-state index < -0.39 is 0 Å². The fraction of sp³-hybridized carbons (Fsp3) is 0.353. The summed E-state index contributed by atoms with van der Waals surface area (Å²) in [7, 11) is 0. The Morgan fingerprint density at radius 2 is 2.00 bits per heavy atom. The topological polar surface area (TPSA) is 24.9 Å². The molecule has 3 heteroatoms. The summed E-state index contributed by atoms with van der Waals surface area (Å²) in [6.07, 6.45) is 5.51. The van der Waals surface area contributed by atoms with E-state index in [2.05, 4.69) is 35.4 Å². The number of benzene rings is 1. The number of hydrogen-bond acceptors (Lipinski definition) is 2. The summed E-state index contributed by atoms with van der Waals surface area (Å²) < 4.78 is 0. The van der Waals surface area contributed by atoms with Crippen LogP contribution in [0.4, 0.5) is 5.69 Å². The maximum absolute atomic E-state index is 6.15. The minimum Gasteiger partial charge on any atom is -0.376 e. The minimum absolute atomic E-state index is 0.224. The lowest BCUT2D eigenvalue weighted by atomic mass is 10.0. The van der Waals surface area contributed by atoms with Crippen molar-refractivity contribution in [1.29, 1.82) is 0 Å². The van der Waals surface area contributed by atoms with Crippen molar-refractivity contribution in [2.24, 2.45) is 0 Å². The summed E-state index contributed by atoms with van der Waals surface area (Å²) in [6.45, 7) is 4.18. The van der Waals surface area contributed by atoms with Crippen molar-refractivity contribution in [2.45, 2.75) is 39.2 Å². The van der Waals surface area contributed by atoms with E-state index in [4.69, 9.17) is 11.6 Å². The van der Waals surface area contributed by atoms with Crippen LogP contribution < -0.4 is 5.32 Å². The van der Waals surface area contributed by atoms with Gasteiger partial charge in [-0.1, -0.05) is 29.8 Å². The van der Waals surface area contributed by atoms with Gasteiger partial charge in [-0.3, -0.25) is 0 Å². The van der Waals surface area contributed by atoms with Gasteiger partial charge in [-0.2, -0.15) is 0 Å². The van der Waals surface area contributed by atoms with Crippen molar-refractivity contribution in [1.82, 2.24) is 4.98 Å². The van der Waals surface area contributed by atoms with Crippen LogP contribution in [0.15, 0.2) is 30.5 Å². The van der Waals surface area contributed by atoms with E-state index in [0.717, 1.165) is 11.3 Å². The Hall–Kier alpha value is -1.54. The lowest BCUT2D eigenvalue weighted by Crippen LogP contribution is -2.08. The van der Waals surface area contributed by atoms with Gasteiger partial charge in [-0.15, -0.1) is 0 Å². The molecule has 3 rings (SSSR count). The average molecular weight is 287 g/mol. The van der Waals surface area contributed by atoms with E-state index in [0.29, 0.717) is 5.15 Å². The van der Waals surface area contributed by atoms with Gasteiger partial charge in [-0.05, 0) is 61.4 Å². The van der Waals surface area contributed by atoms with Crippen LogP contribution in [-0.4, -0.2) is 4.98 Å². The van der Waals surface area contributed by atoms with Crippen LogP contribution in [-0.2, 0) is 12.8 Å². The Balaban J connectivity index is 1.82. The van der Waals surface area contributed by atoms with Crippen molar-refractivity contribution in [3.8, 4) is 0 Å². The largest absolute Gasteiger partial charge is 0.376 e. The molecule has 0 aliphatic heterocycles. The molecule has 0 saturated heterocycles. The second-order valence-corrected chi connectivity index (χ2v) is 5.96. The van der Waals surface area contributed by atoms with Crippen molar-refractivity contribution < 1.29 is 0 Å². The number of hydrogen-bond donors (Lipinski definition) is 1. The van der Waals surface area contributed by atoms with Gasteiger partial charge >= 0.3 is 0 Å². The Labute approximate surface area is 125 Å². The van der Waals surface area contributed by atoms with E-state index in [9.17, 15) is 0 Å². The number of anilines is 1. The van der Waals surface area contributed by atoms with Crippen molar-refractivity contribution in [3.63, 3.8) is 0 Å². The molecule has 2 nitrogen and oxygen atoms in total. The van der Waals surface area contributed by atoms with Crippen LogP contribution in [0.3, 0.4) is 0 Å². The molecular weight excluding hydrogens is 268 g/mol. The highest BCUT2D eigenvalue weighted by atomic mass is 35.5. The number of nitrogens with one attached hydrogen (secondary N) is 1. The Kier molecular flexibility index (Phi) is 3.66. The summed E-state index contributed by atoms with van der Waals surface area (Å²) >= 11 is 6.15. The van der Waals surface area contributed by atoms with Gasteiger partial charge in [0.1, 0.15) is 0 Å². The summed E-state index contributed by atoms with van der Waals surface area (Å²) in [5.41, 5.74) is 6.33. The maximum atomic E-state index is 6.15. The summed E-state index contributed by atoms with van der Waals surface area (Å²) in [5.74, 6) is 0. The Morgan fingerprint density at radius 3 is 2.85 bits per heavy atom. The summed E-state index contributed by atoms with van der Waals surface area (Å²) in [5, 5.41) is 4.00. The summed E-state index contributed by atoms with van der Waals surface area (Å²) in [6, 6.07) is 9.09. The predicted octanol–water partition coefficient (Wildman–Crippen LogP) is 4.71. The number of nitrogens with zero attached hydrogens (tertiary/aromatic N) is 1. The van der Waals surface area contributed by atoms with Crippen molar-refractivity contribution in [2.75, 3.05) is 5.32 Å². The maximum Gasteiger partial charge on any atom is 0.152 e. The van der Waals surface area contributed by atoms with Gasteiger partial charge < -0.3 is 5.32 Å². The molecule has 1 aromatic heterocycles. The van der Waals surface area contributed by atoms with Crippen LogP contribution in [0.2, 0.25) is 5.15 Å². The van der Waals surface area contributed by atoms with Gasteiger partial charge in [0.2, 0.25) is 0 Å². The molecule has 0 bridgehead atoms. The molecule has 1 unspecified atom stereocenters. The van der Waals surface area contributed by atoms with Gasteiger partial charge in [0.25, 0.3) is 0 Å². The molecule has 20 heavy (non-hydrogen) atoms. The standard InChI is InChI=1S/C17H19ClN2/c1-11-8-16(17(18)19-10-11)20-12(2)14-7-6-13-4-3-5-15(13)9-14/h6-10,12,20H,3-5H2,1-2H3. The third-order valence-corrected chi connectivity index (χ3v) is 4.27. The van der Waals surface area contributed by atoms with Crippen molar-refractivity contribution >= 4 is 17.3 Å². The second-order valence-electron chi connectivity index (χ2n) is 5.60. The zero-order valence-corrected chi connectivity index (χ0v) is 12.7. The second kappa shape index (κ2) is 5.45. The van der Waals surface area contributed by atoms with Gasteiger partial charge in [0.05, 0.1) is 5.69 Å². The Morgan fingerprint density at radius 1 is 1.20 bits per heavy atom. The number of halogens is 1. The number of rotatable bonds is 3. The molecule has 1 aromatic carbocycles. The molecule has 1 atom stereocenters. The molecule has 1 heterocycles. The molecule has 1 N–H and O–H groups in total.